The second-order valence-corrected chi connectivity index (χ2v) is 16.6. The van der Waals surface area contributed by atoms with Gasteiger partial charge in [-0.15, -0.1) is 25.0 Å². The average molecular weight is 815 g/mol. The van der Waals surface area contributed by atoms with Crippen LogP contribution in [0.4, 0.5) is 11.4 Å². The normalized spacial score (nSPS) is 27.7. The van der Waals surface area contributed by atoms with Crippen LogP contribution in [0.15, 0.2) is 42.5 Å². The van der Waals surface area contributed by atoms with Crippen molar-refractivity contribution in [2.75, 3.05) is 43.0 Å². The first kappa shape index (κ1) is 42.9. The molecule has 4 atom stereocenters. The van der Waals surface area contributed by atoms with Crippen LogP contribution in [0.5, 0.6) is 0 Å². The highest BCUT2D eigenvalue weighted by Crippen LogP contribution is 2.42. The lowest BCUT2D eigenvalue weighted by atomic mass is 9.89. The molecule has 0 spiro atoms. The number of hydrogen-bond donors (Lipinski definition) is 3. The molecule has 15 heteroatoms. The first-order valence-electron chi connectivity index (χ1n) is 19.1. The van der Waals surface area contributed by atoms with E-state index in [4.69, 9.17) is 29.0 Å². The minimum absolute atomic E-state index is 0. The summed E-state index contributed by atoms with van der Waals surface area (Å²) in [5.74, 6) is -0.963. The second kappa shape index (κ2) is 18.4. The number of ether oxygens (including phenoxy) is 1. The number of carbonyl (C=O) groups excluding carboxylic acids is 4. The van der Waals surface area contributed by atoms with E-state index in [9.17, 15) is 24.4 Å². The first-order valence-corrected chi connectivity index (χ1v) is 20.0. The predicted molar refractivity (Wildman–Crippen MR) is 218 cm³/mol. The van der Waals surface area contributed by atoms with Crippen LogP contribution in [-0.4, -0.2) is 106 Å². The SMILES string of the molecule is C[C@@H]1CN(CCCOC2CCC(N3C(S)N(c4ccc(C#N)c(Cl)c4)C(=O)C3(C)C)CC2)C[C@H](C)N1CC(=O)Nc1ccc(C2CCC(=O)NC2=O)cc1.Cl. The van der Waals surface area contributed by atoms with Crippen molar-refractivity contribution in [1.29, 1.82) is 5.26 Å². The van der Waals surface area contributed by atoms with Crippen LogP contribution in [0.2, 0.25) is 5.02 Å². The molecule has 2 unspecified atom stereocenters. The van der Waals surface area contributed by atoms with E-state index in [-0.39, 0.29) is 66.2 Å². The Hall–Kier alpha value is -3.22. The zero-order chi connectivity index (χ0) is 38.7. The van der Waals surface area contributed by atoms with Crippen LogP contribution in [0.3, 0.4) is 0 Å². The number of imide groups is 1. The van der Waals surface area contributed by atoms with Gasteiger partial charge >= 0.3 is 0 Å². The van der Waals surface area contributed by atoms with Crippen LogP contribution in [-0.2, 0) is 23.9 Å². The summed E-state index contributed by atoms with van der Waals surface area (Å²) in [5.41, 5.74) is 1.35. The number of rotatable bonds is 11. The topological polar surface area (TPSA) is 138 Å². The molecule has 12 nitrogen and oxygen atoms in total. The molecule has 3 aliphatic heterocycles. The van der Waals surface area contributed by atoms with Crippen LogP contribution >= 0.6 is 36.6 Å². The monoisotopic (exact) mass is 813 g/mol. The maximum absolute atomic E-state index is 13.6. The van der Waals surface area contributed by atoms with Crippen molar-refractivity contribution in [2.45, 2.75) is 114 Å². The molecule has 4 fully saturated rings. The van der Waals surface area contributed by atoms with E-state index in [1.807, 2.05) is 38.1 Å². The molecule has 4 aliphatic rings. The molecule has 2 N–H and O–H groups in total. The number of benzene rings is 2. The number of piperazine rings is 1. The van der Waals surface area contributed by atoms with Crippen molar-refractivity contribution < 1.29 is 23.9 Å². The Kier molecular flexibility index (Phi) is 14.3. The van der Waals surface area contributed by atoms with Gasteiger partial charge in [0.2, 0.25) is 23.6 Å². The molecule has 1 saturated carbocycles. The summed E-state index contributed by atoms with van der Waals surface area (Å²) >= 11 is 11.2. The fraction of sp³-hybridized carbons (Fsp3) is 0.575. The molecule has 1 aliphatic carbocycles. The second-order valence-electron chi connectivity index (χ2n) is 15.7. The highest BCUT2D eigenvalue weighted by Gasteiger charge is 2.54. The number of halogens is 2. The molecule has 6 rings (SSSR count). The van der Waals surface area contributed by atoms with Gasteiger partial charge in [0.15, 0.2) is 0 Å². The van der Waals surface area contributed by atoms with Gasteiger partial charge in [0.05, 0.1) is 34.7 Å². The number of carbonyl (C=O) groups is 4. The number of thiol groups is 1. The van der Waals surface area contributed by atoms with E-state index >= 15 is 0 Å². The lowest BCUT2D eigenvalue weighted by molar-refractivity contribution is -0.134. The van der Waals surface area contributed by atoms with Crippen molar-refractivity contribution >= 4 is 71.6 Å². The third kappa shape index (κ3) is 9.67. The van der Waals surface area contributed by atoms with Gasteiger partial charge in [-0.05, 0) is 102 Å². The fourth-order valence-electron chi connectivity index (χ4n) is 8.73. The molecular formula is C40H53Cl2N7O5S. The Morgan fingerprint density at radius 1 is 1.04 bits per heavy atom. The molecule has 0 aromatic heterocycles. The quantitative estimate of drug-likeness (QED) is 0.152. The third-order valence-corrected chi connectivity index (χ3v) is 12.4. The zero-order valence-electron chi connectivity index (χ0n) is 32.0. The highest BCUT2D eigenvalue weighted by molar-refractivity contribution is 7.81. The summed E-state index contributed by atoms with van der Waals surface area (Å²) < 4.78 is 6.37. The van der Waals surface area contributed by atoms with E-state index in [0.29, 0.717) is 48.0 Å². The Bertz CT molecular complexity index is 1750. The van der Waals surface area contributed by atoms with Gasteiger partial charge in [-0.2, -0.15) is 5.26 Å². The highest BCUT2D eigenvalue weighted by atomic mass is 35.5. The van der Waals surface area contributed by atoms with Gasteiger partial charge < -0.3 is 15.0 Å². The van der Waals surface area contributed by atoms with Crippen LogP contribution in [0.1, 0.15) is 89.7 Å². The number of nitrogens with one attached hydrogen (secondary N) is 2. The van der Waals surface area contributed by atoms with E-state index in [2.05, 4.69) is 45.3 Å². The number of amides is 4. The Morgan fingerprint density at radius 3 is 2.33 bits per heavy atom. The third-order valence-electron chi connectivity index (χ3n) is 11.6. The molecule has 2 aromatic carbocycles. The van der Waals surface area contributed by atoms with Crippen molar-refractivity contribution in [3.05, 3.63) is 58.6 Å². The summed E-state index contributed by atoms with van der Waals surface area (Å²) in [5, 5.41) is 15.0. The summed E-state index contributed by atoms with van der Waals surface area (Å²) in [6, 6.07) is 15.1. The number of nitrogens with zero attached hydrogens (tertiary/aromatic N) is 5. The van der Waals surface area contributed by atoms with E-state index in [1.165, 1.54) is 0 Å². The molecular weight excluding hydrogens is 761 g/mol. The molecule has 55 heavy (non-hydrogen) atoms. The maximum atomic E-state index is 13.6. The summed E-state index contributed by atoms with van der Waals surface area (Å²) in [6.07, 6.45) is 5.62. The van der Waals surface area contributed by atoms with Crippen molar-refractivity contribution in [3.8, 4) is 6.07 Å². The Balaban J connectivity index is 0.00000580. The lowest BCUT2D eigenvalue weighted by Crippen LogP contribution is -2.58. The predicted octanol–water partition coefficient (Wildman–Crippen LogP) is 5.55. The van der Waals surface area contributed by atoms with Gasteiger partial charge in [-0.1, -0.05) is 23.7 Å². The van der Waals surface area contributed by atoms with Gasteiger partial charge in [0.1, 0.15) is 11.6 Å². The molecule has 4 amide bonds. The van der Waals surface area contributed by atoms with Crippen molar-refractivity contribution in [2.24, 2.45) is 0 Å². The fourth-order valence-corrected chi connectivity index (χ4v) is 9.66. The molecule has 0 bridgehead atoms. The standard InChI is InChI=1S/C40H52ClN7O5S.ClH/c1-25-22-45(23-26(2)46(25)24-36(50)43-29-9-6-27(7-10-29)33-16-17-35(49)44-37(33)51)18-5-19-53-32-14-12-30(13-15-32)48-39(54)47(38(52)40(48,3)4)31-11-8-28(21-42)34(41)20-31;/h6-11,20,25-26,30,32-33,39,54H,5,12-19,22-24H2,1-4H3,(H,43,50)(H,44,49,51);1H/t25-,26+,30?,32?,33?,39?;. The smallest absolute Gasteiger partial charge is 0.249 e. The molecule has 2 aromatic rings. The minimum Gasteiger partial charge on any atom is -0.378 e. The summed E-state index contributed by atoms with van der Waals surface area (Å²) in [7, 11) is 0. The van der Waals surface area contributed by atoms with Crippen molar-refractivity contribution in [1.82, 2.24) is 20.0 Å². The van der Waals surface area contributed by atoms with E-state index in [1.54, 1.807) is 23.1 Å². The Labute approximate surface area is 341 Å². The maximum Gasteiger partial charge on any atom is 0.249 e. The summed E-state index contributed by atoms with van der Waals surface area (Å²) in [4.78, 5) is 59.0. The lowest BCUT2D eigenvalue weighted by Gasteiger charge is -2.44. The summed E-state index contributed by atoms with van der Waals surface area (Å²) in [6.45, 7) is 11.9. The van der Waals surface area contributed by atoms with Crippen LogP contribution in [0.25, 0.3) is 0 Å². The first-order chi connectivity index (χ1) is 25.8. The van der Waals surface area contributed by atoms with Gasteiger partial charge in [0, 0.05) is 62.2 Å². The number of nitriles is 1. The van der Waals surface area contributed by atoms with Crippen LogP contribution < -0.4 is 15.5 Å². The van der Waals surface area contributed by atoms with Crippen molar-refractivity contribution in [3.63, 3.8) is 0 Å². The number of piperidine rings is 1. The molecule has 298 valence electrons. The van der Waals surface area contributed by atoms with Crippen LogP contribution in [0, 0.1) is 11.3 Å². The molecule has 0 radical (unpaired) electrons. The minimum atomic E-state index is -0.736. The zero-order valence-corrected chi connectivity index (χ0v) is 34.5. The molecule has 3 saturated heterocycles. The molecule has 3 heterocycles. The number of anilines is 2. The number of hydrogen-bond acceptors (Lipinski definition) is 10. The largest absolute Gasteiger partial charge is 0.378 e. The van der Waals surface area contributed by atoms with Gasteiger partial charge in [0.25, 0.3) is 0 Å². The van der Waals surface area contributed by atoms with Gasteiger partial charge in [-0.3, -0.25) is 39.2 Å². The Morgan fingerprint density at radius 2 is 1.71 bits per heavy atom. The van der Waals surface area contributed by atoms with E-state index < -0.39 is 11.0 Å². The average Bonchev–Trinajstić information content (AvgIpc) is 3.31. The van der Waals surface area contributed by atoms with Gasteiger partial charge in [-0.25, -0.2) is 0 Å². The van der Waals surface area contributed by atoms with E-state index in [0.717, 1.165) is 57.3 Å².